The molecule has 1 amide bonds. The molecule has 0 saturated heterocycles. The van der Waals surface area contributed by atoms with Gasteiger partial charge in [0.15, 0.2) is 9.84 Å². The van der Waals surface area contributed by atoms with Crippen molar-refractivity contribution >= 4 is 21.7 Å². The van der Waals surface area contributed by atoms with E-state index in [0.717, 1.165) is 6.42 Å². The lowest BCUT2D eigenvalue weighted by Crippen LogP contribution is -2.51. The molecule has 16 nitrogen and oxygen atoms in total. The number of carboxylic acid groups (broad SMARTS) is 1. The van der Waals surface area contributed by atoms with Gasteiger partial charge in [0, 0.05) is 34.8 Å². The van der Waals surface area contributed by atoms with E-state index in [9.17, 15) is 43.3 Å². The second-order valence-electron chi connectivity index (χ2n) is 13.2. The molecule has 4 aliphatic carbocycles. The van der Waals surface area contributed by atoms with E-state index >= 15 is 0 Å². The first-order valence-corrected chi connectivity index (χ1v) is 17.7. The lowest BCUT2D eigenvalue weighted by molar-refractivity contribution is -0.541. The lowest BCUT2D eigenvalue weighted by Gasteiger charge is -2.36. The molecule has 0 aliphatic heterocycles. The molecule has 6 unspecified atom stereocenters. The first kappa shape index (κ1) is 35.4. The maximum absolute atomic E-state index is 13.5. The number of aliphatic carboxylic acids is 1. The minimum atomic E-state index is -3.42. The largest absolute Gasteiger partial charge is 0.481 e. The second kappa shape index (κ2) is 15.9. The average molecular weight is 663 g/mol. The van der Waals surface area contributed by atoms with Crippen LogP contribution < -0.4 is 10.8 Å². The van der Waals surface area contributed by atoms with Crippen molar-refractivity contribution in [3.05, 3.63) is 20.2 Å². The summed E-state index contributed by atoms with van der Waals surface area (Å²) >= 11 is 0. The molecule has 256 valence electrons. The van der Waals surface area contributed by atoms with E-state index in [1.54, 1.807) is 0 Å². The highest BCUT2D eigenvalue weighted by Crippen LogP contribution is 2.36. The van der Waals surface area contributed by atoms with Crippen LogP contribution in [0, 0.1) is 43.9 Å². The molecule has 0 radical (unpaired) electrons. The molecule has 4 rings (SSSR count). The number of amides is 1. The SMILES string of the molecule is O=C(NC1CCC(S(=O)(=O)C2CCC(NOCC3CCCC([N+](=O)[O-])C3COO)CC2)CC1)C1CCCC([N+](=O)[O-])C1C(=O)O. The molecule has 4 N–H and O–H groups in total. The molecule has 0 aromatic carbocycles. The van der Waals surface area contributed by atoms with Gasteiger partial charge in [-0.1, -0.05) is 0 Å². The van der Waals surface area contributed by atoms with Gasteiger partial charge in [-0.15, -0.1) is 0 Å². The van der Waals surface area contributed by atoms with E-state index in [2.05, 4.69) is 15.7 Å². The molecule has 4 aliphatic rings. The Morgan fingerprint density at radius 2 is 1.33 bits per heavy atom. The highest BCUT2D eigenvalue weighted by Gasteiger charge is 2.49. The standard InChI is InChI=1S/C28H46N4O12S/c33-27(22-4-2-6-25(32(38)39)26(22)28(34)35)29-18-7-11-20(12-8-18)45(41,42)21-13-9-19(10-14-21)30-43-15-17-3-1-5-24(31(36)37)23(17)16-44-40/h17-26,30,40H,1-16H2,(H,29,33)(H,34,35). The van der Waals surface area contributed by atoms with Crippen LogP contribution >= 0.6 is 0 Å². The van der Waals surface area contributed by atoms with Crippen LogP contribution in [-0.2, 0) is 29.2 Å². The molecular weight excluding hydrogens is 616 g/mol. The zero-order valence-electron chi connectivity index (χ0n) is 25.4. The van der Waals surface area contributed by atoms with Crippen molar-refractivity contribution in [3.63, 3.8) is 0 Å². The minimum absolute atomic E-state index is 0.0471. The zero-order chi connectivity index (χ0) is 32.7. The summed E-state index contributed by atoms with van der Waals surface area (Å²) in [5.41, 5.74) is 3.01. The number of nitrogens with zero attached hydrogens (tertiary/aromatic N) is 2. The third-order valence-electron chi connectivity index (χ3n) is 10.6. The monoisotopic (exact) mass is 662 g/mol. The first-order chi connectivity index (χ1) is 21.4. The van der Waals surface area contributed by atoms with Crippen LogP contribution in [0.4, 0.5) is 0 Å². The molecule has 4 saturated carbocycles. The summed E-state index contributed by atoms with van der Waals surface area (Å²) in [5.74, 6) is -4.83. The Kier molecular flexibility index (Phi) is 12.5. The summed E-state index contributed by atoms with van der Waals surface area (Å²) in [5, 5.41) is 43.2. The van der Waals surface area contributed by atoms with Gasteiger partial charge in [-0.3, -0.25) is 35.1 Å². The Balaban J connectivity index is 1.20. The van der Waals surface area contributed by atoms with E-state index in [0.29, 0.717) is 70.6 Å². The van der Waals surface area contributed by atoms with Crippen molar-refractivity contribution in [1.29, 1.82) is 0 Å². The molecule has 17 heteroatoms. The van der Waals surface area contributed by atoms with Gasteiger partial charge in [-0.05, 0) is 83.0 Å². The van der Waals surface area contributed by atoms with Gasteiger partial charge >= 0.3 is 5.97 Å². The van der Waals surface area contributed by atoms with Gasteiger partial charge in [0.25, 0.3) is 0 Å². The van der Waals surface area contributed by atoms with Crippen LogP contribution in [0.25, 0.3) is 0 Å². The zero-order valence-corrected chi connectivity index (χ0v) is 26.2. The number of carbonyl (C=O) groups excluding carboxylic acids is 1. The Bertz CT molecular complexity index is 1160. The Hall–Kier alpha value is -2.47. The van der Waals surface area contributed by atoms with E-state index < -0.39 is 67.0 Å². The fourth-order valence-corrected chi connectivity index (χ4v) is 10.5. The number of nitrogens with one attached hydrogen (secondary N) is 2. The van der Waals surface area contributed by atoms with Crippen LogP contribution in [-0.4, -0.2) is 88.4 Å². The minimum Gasteiger partial charge on any atom is -0.481 e. The molecule has 0 aromatic rings. The molecule has 0 spiro atoms. The maximum atomic E-state index is 13.5. The number of hydroxylamine groups is 1. The third-order valence-corrected chi connectivity index (χ3v) is 13.4. The lowest BCUT2D eigenvalue weighted by atomic mass is 9.75. The molecule has 0 aromatic heterocycles. The number of carboxylic acids is 1. The van der Waals surface area contributed by atoms with E-state index in [1.165, 1.54) is 0 Å². The smallest absolute Gasteiger partial charge is 0.314 e. The number of hydrogen-bond donors (Lipinski definition) is 4. The van der Waals surface area contributed by atoms with Gasteiger partial charge in [0.1, 0.15) is 5.92 Å². The Morgan fingerprint density at radius 1 is 0.778 bits per heavy atom. The molecule has 0 heterocycles. The first-order valence-electron chi connectivity index (χ1n) is 16.1. The van der Waals surface area contributed by atoms with Crippen LogP contribution in [0.5, 0.6) is 0 Å². The van der Waals surface area contributed by atoms with E-state index in [1.807, 2.05) is 0 Å². The van der Waals surface area contributed by atoms with Gasteiger partial charge in [0.2, 0.25) is 18.0 Å². The van der Waals surface area contributed by atoms with Crippen molar-refractivity contribution in [1.82, 2.24) is 10.8 Å². The second-order valence-corrected chi connectivity index (χ2v) is 15.7. The topological polar surface area (TPSA) is 238 Å². The fraction of sp³-hybridized carbons (Fsp3) is 0.929. The molecule has 45 heavy (non-hydrogen) atoms. The van der Waals surface area contributed by atoms with Gasteiger partial charge in [-0.2, -0.15) is 5.48 Å². The number of rotatable bonds is 13. The average Bonchev–Trinajstić information content (AvgIpc) is 3.01. The van der Waals surface area contributed by atoms with Gasteiger partial charge < -0.3 is 15.3 Å². The number of nitro groups is 2. The summed E-state index contributed by atoms with van der Waals surface area (Å²) in [7, 11) is -3.42. The summed E-state index contributed by atoms with van der Waals surface area (Å²) < 4.78 is 27.0. The van der Waals surface area contributed by atoms with Gasteiger partial charge in [-0.25, -0.2) is 13.3 Å². The van der Waals surface area contributed by atoms with Gasteiger partial charge in [0.05, 0.1) is 35.5 Å². The molecular formula is C28H46N4O12S. The summed E-state index contributed by atoms with van der Waals surface area (Å²) in [6, 6.07) is -2.45. The Labute approximate surface area is 262 Å². The third kappa shape index (κ3) is 8.67. The van der Waals surface area contributed by atoms with Crippen LogP contribution in [0.1, 0.15) is 89.9 Å². The van der Waals surface area contributed by atoms with Crippen molar-refractivity contribution in [2.45, 2.75) is 125 Å². The molecule has 4 fully saturated rings. The van der Waals surface area contributed by atoms with E-state index in [-0.39, 0.29) is 49.0 Å². The predicted octanol–water partition coefficient (Wildman–Crippen LogP) is 2.36. The summed E-state index contributed by atoms with van der Waals surface area (Å²) in [6.45, 7) is 0.0946. The number of hydrogen-bond acceptors (Lipinski definition) is 12. The molecule has 0 bridgehead atoms. The van der Waals surface area contributed by atoms with Crippen molar-refractivity contribution in [2.75, 3.05) is 13.2 Å². The highest BCUT2D eigenvalue weighted by molar-refractivity contribution is 7.92. The van der Waals surface area contributed by atoms with E-state index in [4.69, 9.17) is 10.1 Å². The summed E-state index contributed by atoms with van der Waals surface area (Å²) in [4.78, 5) is 56.6. The van der Waals surface area contributed by atoms with Crippen molar-refractivity contribution in [2.24, 2.45) is 23.7 Å². The molecule has 6 atom stereocenters. The number of carbonyl (C=O) groups is 2. The normalized spacial score (nSPS) is 36.1. The maximum Gasteiger partial charge on any atom is 0.314 e. The van der Waals surface area contributed by atoms with Crippen LogP contribution in [0.2, 0.25) is 0 Å². The van der Waals surface area contributed by atoms with Crippen molar-refractivity contribution < 1.29 is 47.9 Å². The van der Waals surface area contributed by atoms with Crippen molar-refractivity contribution in [3.8, 4) is 0 Å². The van der Waals surface area contributed by atoms with Crippen LogP contribution in [0.15, 0.2) is 0 Å². The Morgan fingerprint density at radius 3 is 1.89 bits per heavy atom. The quantitative estimate of drug-likeness (QED) is 0.126. The fourth-order valence-electron chi connectivity index (χ4n) is 8.07. The number of sulfone groups is 1. The summed E-state index contributed by atoms with van der Waals surface area (Å²) in [6.07, 6.45) is 6.40. The highest BCUT2D eigenvalue weighted by atomic mass is 32.2. The predicted molar refractivity (Wildman–Crippen MR) is 158 cm³/mol. The van der Waals surface area contributed by atoms with Crippen LogP contribution in [0.3, 0.4) is 0 Å².